The molecule has 0 bridgehead atoms. The highest BCUT2D eigenvalue weighted by Crippen LogP contribution is 1.74. The lowest BCUT2D eigenvalue weighted by Crippen LogP contribution is -1.56. The maximum absolute atomic E-state index is 6.00. The zero-order valence-corrected chi connectivity index (χ0v) is 4.65. The molecule has 0 radical (unpaired) electrons. The Hall–Kier alpha value is -0.230. The van der Waals surface area contributed by atoms with Crippen molar-refractivity contribution in [3.8, 4) is 0 Å². The SMILES string of the molecule is CCCS.N#N. The highest BCUT2D eigenvalue weighted by atomic mass is 32.1. The smallest absolute Gasteiger partial charge is 0 e. The van der Waals surface area contributed by atoms with Crippen molar-refractivity contribution in [2.45, 2.75) is 13.3 Å². The van der Waals surface area contributed by atoms with Crippen LogP contribution in [0.1, 0.15) is 13.3 Å². The monoisotopic (exact) mass is 104 g/mol. The van der Waals surface area contributed by atoms with Crippen LogP contribution in [-0.4, -0.2) is 5.75 Å². The highest BCUT2D eigenvalue weighted by Gasteiger charge is 1.57. The van der Waals surface area contributed by atoms with Crippen LogP contribution in [0.3, 0.4) is 0 Å². The Labute approximate surface area is 43.4 Å². The van der Waals surface area contributed by atoms with Gasteiger partial charge >= 0.3 is 0 Å². The van der Waals surface area contributed by atoms with E-state index in [2.05, 4.69) is 19.6 Å². The van der Waals surface area contributed by atoms with Gasteiger partial charge in [-0.2, -0.15) is 12.6 Å². The normalized spacial score (nSPS) is 5.33. The summed E-state index contributed by atoms with van der Waals surface area (Å²) in [7, 11) is 0. The minimum atomic E-state index is 1.01. The van der Waals surface area contributed by atoms with Crippen LogP contribution < -0.4 is 0 Å². The molecule has 0 N–H and O–H groups in total. The van der Waals surface area contributed by atoms with Crippen LogP contribution in [0.25, 0.3) is 0 Å². The zero-order chi connectivity index (χ0) is 5.41. The van der Waals surface area contributed by atoms with Crippen molar-refractivity contribution in [3.05, 3.63) is 0 Å². The van der Waals surface area contributed by atoms with Crippen molar-refractivity contribution >= 4 is 12.6 Å². The fraction of sp³-hybridized carbons (Fsp3) is 1.00. The summed E-state index contributed by atoms with van der Waals surface area (Å²) in [6.45, 7) is 2.10. The molecule has 0 aromatic carbocycles. The molecule has 0 aromatic heterocycles. The summed E-state index contributed by atoms with van der Waals surface area (Å²) in [5.41, 5.74) is 0. The lowest BCUT2D eigenvalue weighted by Gasteiger charge is -1.67. The van der Waals surface area contributed by atoms with Crippen LogP contribution >= 0.6 is 12.6 Å². The minimum absolute atomic E-state index is 1.01. The average molecular weight is 104 g/mol. The molecule has 0 aromatic rings. The van der Waals surface area contributed by atoms with Gasteiger partial charge in [0.05, 0.1) is 0 Å². The van der Waals surface area contributed by atoms with Gasteiger partial charge in [-0.05, 0) is 12.2 Å². The lowest BCUT2D eigenvalue weighted by molar-refractivity contribution is 1.11. The Morgan fingerprint density at radius 2 is 1.67 bits per heavy atom. The molecule has 0 saturated carbocycles. The van der Waals surface area contributed by atoms with Gasteiger partial charge < -0.3 is 0 Å². The predicted octanol–water partition coefficient (Wildman–Crippen LogP) is 1.36. The van der Waals surface area contributed by atoms with Crippen molar-refractivity contribution in [1.29, 1.82) is 10.8 Å². The quantitative estimate of drug-likeness (QED) is 0.403. The Kier molecular flexibility index (Phi) is 33.3. The topological polar surface area (TPSA) is 47.6 Å². The molecule has 0 aliphatic heterocycles. The second kappa shape index (κ2) is 21.6. The van der Waals surface area contributed by atoms with Gasteiger partial charge in [0.2, 0.25) is 0 Å². The molecule has 0 unspecified atom stereocenters. The van der Waals surface area contributed by atoms with E-state index in [0.717, 1.165) is 5.75 Å². The molecular formula is C3H8N2S. The highest BCUT2D eigenvalue weighted by molar-refractivity contribution is 7.80. The van der Waals surface area contributed by atoms with Gasteiger partial charge in [0.25, 0.3) is 0 Å². The van der Waals surface area contributed by atoms with E-state index in [9.17, 15) is 0 Å². The van der Waals surface area contributed by atoms with E-state index in [0.29, 0.717) is 0 Å². The Morgan fingerprint density at radius 1 is 1.50 bits per heavy atom. The summed E-state index contributed by atoms with van der Waals surface area (Å²) in [6, 6.07) is 0. The third-order valence-corrected chi connectivity index (χ3v) is 0.671. The van der Waals surface area contributed by atoms with E-state index >= 15 is 0 Å². The van der Waals surface area contributed by atoms with E-state index in [1.165, 1.54) is 6.42 Å². The number of thiol groups is 1. The van der Waals surface area contributed by atoms with Gasteiger partial charge in [-0.3, -0.25) is 0 Å². The number of hydrogen-bond donors (Lipinski definition) is 1. The van der Waals surface area contributed by atoms with Crippen molar-refractivity contribution in [2.24, 2.45) is 0 Å². The van der Waals surface area contributed by atoms with E-state index < -0.39 is 0 Å². The van der Waals surface area contributed by atoms with Gasteiger partial charge in [-0.15, -0.1) is 0 Å². The summed E-state index contributed by atoms with van der Waals surface area (Å²) in [5.74, 6) is 1.01. The summed E-state index contributed by atoms with van der Waals surface area (Å²) < 4.78 is 0. The molecule has 0 fully saturated rings. The number of nitrogens with zero attached hydrogens (tertiary/aromatic N) is 2. The fourth-order valence-corrected chi connectivity index (χ4v) is 0. The second-order valence-electron chi connectivity index (χ2n) is 0.724. The molecule has 0 amide bonds. The number of rotatable bonds is 1. The molecule has 0 aliphatic carbocycles. The molecular weight excluding hydrogens is 96.1 g/mol. The van der Waals surface area contributed by atoms with Gasteiger partial charge in [0.15, 0.2) is 0 Å². The first-order chi connectivity index (χ1) is 2.91. The standard InChI is InChI=1S/C3H8S.N2/c1-2-3-4;1-2/h4H,2-3H2,1H3;. The summed E-state index contributed by atoms with van der Waals surface area (Å²) in [4.78, 5) is 0. The molecule has 0 rings (SSSR count). The van der Waals surface area contributed by atoms with Crippen molar-refractivity contribution in [3.63, 3.8) is 0 Å². The Bertz CT molecular complexity index is 25.2. The zero-order valence-electron chi connectivity index (χ0n) is 3.76. The first-order valence-electron chi connectivity index (χ1n) is 1.72. The Morgan fingerprint density at radius 3 is 1.67 bits per heavy atom. The van der Waals surface area contributed by atoms with Crippen molar-refractivity contribution < 1.29 is 0 Å². The summed E-state index contributed by atoms with van der Waals surface area (Å²) in [6.07, 6.45) is 1.18. The van der Waals surface area contributed by atoms with Crippen LogP contribution in [0, 0.1) is 10.8 Å². The second-order valence-corrected chi connectivity index (χ2v) is 1.17. The van der Waals surface area contributed by atoms with Crippen LogP contribution in [-0.2, 0) is 0 Å². The molecule has 3 heteroatoms. The average Bonchev–Trinajstić information content (AvgIpc) is 1.72. The van der Waals surface area contributed by atoms with E-state index in [1.807, 2.05) is 0 Å². The van der Waals surface area contributed by atoms with Gasteiger partial charge in [0.1, 0.15) is 0 Å². The van der Waals surface area contributed by atoms with Crippen molar-refractivity contribution in [2.75, 3.05) is 5.75 Å². The lowest BCUT2D eigenvalue weighted by atomic mass is 10.6. The first kappa shape index (κ1) is 9.24. The molecule has 0 atom stereocenters. The minimum Gasteiger partial charge on any atom is -0.179 e. The fourth-order valence-electron chi connectivity index (χ4n) is 0. The number of hydrogen-bond acceptors (Lipinski definition) is 3. The van der Waals surface area contributed by atoms with Crippen LogP contribution in [0.2, 0.25) is 0 Å². The van der Waals surface area contributed by atoms with Crippen LogP contribution in [0.4, 0.5) is 0 Å². The van der Waals surface area contributed by atoms with Gasteiger partial charge in [-0.25, -0.2) is 0 Å². The van der Waals surface area contributed by atoms with Crippen LogP contribution in [0.5, 0.6) is 0 Å². The molecule has 36 valence electrons. The molecule has 0 heterocycles. The first-order valence-corrected chi connectivity index (χ1v) is 2.36. The molecule has 0 aliphatic rings. The molecule has 0 spiro atoms. The molecule has 2 nitrogen and oxygen atoms in total. The van der Waals surface area contributed by atoms with E-state index in [4.69, 9.17) is 10.8 Å². The summed E-state index contributed by atoms with van der Waals surface area (Å²) in [5, 5.41) is 12.0. The van der Waals surface area contributed by atoms with E-state index in [-0.39, 0.29) is 0 Å². The maximum Gasteiger partial charge on any atom is 0 e. The van der Waals surface area contributed by atoms with Crippen molar-refractivity contribution in [1.82, 2.24) is 0 Å². The molecule has 0 saturated heterocycles. The predicted molar refractivity (Wildman–Crippen MR) is 27.6 cm³/mol. The molecule has 6 heavy (non-hydrogen) atoms. The Balaban J connectivity index is 0. The van der Waals surface area contributed by atoms with E-state index in [1.54, 1.807) is 0 Å². The summed E-state index contributed by atoms with van der Waals surface area (Å²) >= 11 is 3.92. The third-order valence-electron chi connectivity index (χ3n) is 0.224. The van der Waals surface area contributed by atoms with Gasteiger partial charge in [0, 0.05) is 10.8 Å². The largest absolute Gasteiger partial charge is 0.179 e. The van der Waals surface area contributed by atoms with Crippen LogP contribution in [0.15, 0.2) is 0 Å². The van der Waals surface area contributed by atoms with Gasteiger partial charge in [-0.1, -0.05) is 6.92 Å². The maximum atomic E-state index is 6.00. The third kappa shape index (κ3) is 48.8.